The molecular formula is C24H26N2O4S. The van der Waals surface area contributed by atoms with Crippen LogP contribution in [0.5, 0.6) is 5.75 Å². The Bertz CT molecular complexity index is 1190. The highest BCUT2D eigenvalue weighted by Gasteiger charge is 2.17. The Hall–Kier alpha value is -3.32. The number of aryl methyl sites for hydroxylation is 1. The SMILES string of the molecule is COc1ccc(S(=O)(=O)Nc2ccc(C(=O)Nc3ccccc3C(C)C)cc2C)cc1. The number of hydrogen-bond acceptors (Lipinski definition) is 4. The summed E-state index contributed by atoms with van der Waals surface area (Å²) in [5, 5.41) is 2.95. The molecule has 3 aromatic carbocycles. The first-order valence-corrected chi connectivity index (χ1v) is 11.4. The molecule has 0 unspecified atom stereocenters. The molecule has 3 aromatic rings. The van der Waals surface area contributed by atoms with Crippen LogP contribution < -0.4 is 14.8 Å². The maximum Gasteiger partial charge on any atom is 0.261 e. The molecule has 1 amide bonds. The molecule has 0 atom stereocenters. The maximum atomic E-state index is 12.8. The summed E-state index contributed by atoms with van der Waals surface area (Å²) in [4.78, 5) is 12.9. The second-order valence-corrected chi connectivity index (χ2v) is 9.19. The number of sulfonamides is 1. The van der Waals surface area contributed by atoms with E-state index < -0.39 is 10.0 Å². The molecule has 0 aromatic heterocycles. The number of hydrogen-bond donors (Lipinski definition) is 2. The Morgan fingerprint density at radius 2 is 1.61 bits per heavy atom. The smallest absolute Gasteiger partial charge is 0.261 e. The van der Waals surface area contributed by atoms with Gasteiger partial charge < -0.3 is 10.1 Å². The van der Waals surface area contributed by atoms with Gasteiger partial charge in [0, 0.05) is 11.3 Å². The van der Waals surface area contributed by atoms with E-state index in [0.717, 1.165) is 11.3 Å². The van der Waals surface area contributed by atoms with Crippen LogP contribution in [0.3, 0.4) is 0 Å². The molecule has 0 spiro atoms. The number of anilines is 2. The molecule has 0 saturated heterocycles. The van der Waals surface area contributed by atoms with Crippen molar-refractivity contribution >= 4 is 27.3 Å². The lowest BCUT2D eigenvalue weighted by Crippen LogP contribution is -2.16. The molecule has 0 aliphatic heterocycles. The molecule has 0 aliphatic rings. The summed E-state index contributed by atoms with van der Waals surface area (Å²) in [5.74, 6) is 0.596. The number of nitrogens with one attached hydrogen (secondary N) is 2. The zero-order chi connectivity index (χ0) is 22.6. The third kappa shape index (κ3) is 5.24. The third-order valence-electron chi connectivity index (χ3n) is 4.93. The fourth-order valence-electron chi connectivity index (χ4n) is 3.19. The van der Waals surface area contributed by atoms with E-state index >= 15 is 0 Å². The number of amides is 1. The quantitative estimate of drug-likeness (QED) is 0.532. The average molecular weight is 439 g/mol. The van der Waals surface area contributed by atoms with Crippen molar-refractivity contribution in [3.8, 4) is 5.75 Å². The van der Waals surface area contributed by atoms with Gasteiger partial charge >= 0.3 is 0 Å². The van der Waals surface area contributed by atoms with E-state index in [-0.39, 0.29) is 16.7 Å². The Kier molecular flexibility index (Phi) is 6.65. The summed E-state index contributed by atoms with van der Waals surface area (Å²) in [6.45, 7) is 5.89. The summed E-state index contributed by atoms with van der Waals surface area (Å²) in [6.07, 6.45) is 0. The second-order valence-electron chi connectivity index (χ2n) is 7.51. The number of carbonyl (C=O) groups excluding carboxylic acids is 1. The molecule has 0 aliphatic carbocycles. The van der Waals surface area contributed by atoms with Gasteiger partial charge in [0.1, 0.15) is 5.75 Å². The fourth-order valence-corrected chi connectivity index (χ4v) is 4.32. The number of benzene rings is 3. The fraction of sp³-hybridized carbons (Fsp3) is 0.208. The van der Waals surface area contributed by atoms with E-state index in [9.17, 15) is 13.2 Å². The van der Waals surface area contributed by atoms with Gasteiger partial charge in [0.25, 0.3) is 15.9 Å². The summed E-state index contributed by atoms with van der Waals surface area (Å²) in [6, 6.07) is 18.7. The van der Waals surface area contributed by atoms with E-state index in [1.165, 1.54) is 19.2 Å². The first kappa shape index (κ1) is 22.4. The van der Waals surface area contributed by atoms with Crippen LogP contribution in [-0.4, -0.2) is 21.4 Å². The van der Waals surface area contributed by atoms with E-state index in [1.54, 1.807) is 37.3 Å². The van der Waals surface area contributed by atoms with Gasteiger partial charge in [-0.15, -0.1) is 0 Å². The molecule has 6 nitrogen and oxygen atoms in total. The van der Waals surface area contributed by atoms with Crippen molar-refractivity contribution in [1.29, 1.82) is 0 Å². The number of methoxy groups -OCH3 is 1. The van der Waals surface area contributed by atoms with Crippen LogP contribution in [-0.2, 0) is 10.0 Å². The van der Waals surface area contributed by atoms with Crippen molar-refractivity contribution in [3.05, 3.63) is 83.4 Å². The Labute approximate surface area is 183 Å². The van der Waals surface area contributed by atoms with Crippen LogP contribution in [0, 0.1) is 6.92 Å². The largest absolute Gasteiger partial charge is 0.497 e. The van der Waals surface area contributed by atoms with Gasteiger partial charge in [-0.25, -0.2) is 8.42 Å². The van der Waals surface area contributed by atoms with E-state index in [0.29, 0.717) is 22.6 Å². The molecular weight excluding hydrogens is 412 g/mol. The van der Waals surface area contributed by atoms with Gasteiger partial charge in [-0.3, -0.25) is 9.52 Å². The highest BCUT2D eigenvalue weighted by Crippen LogP contribution is 2.26. The predicted molar refractivity (Wildman–Crippen MR) is 123 cm³/mol. The van der Waals surface area contributed by atoms with Crippen LogP contribution in [0.4, 0.5) is 11.4 Å². The minimum atomic E-state index is -3.76. The van der Waals surface area contributed by atoms with Crippen LogP contribution in [0.1, 0.15) is 41.3 Å². The highest BCUT2D eigenvalue weighted by molar-refractivity contribution is 7.92. The topological polar surface area (TPSA) is 84.5 Å². The summed E-state index contributed by atoms with van der Waals surface area (Å²) >= 11 is 0. The van der Waals surface area contributed by atoms with Crippen molar-refractivity contribution in [2.75, 3.05) is 17.1 Å². The Morgan fingerprint density at radius 3 is 2.23 bits per heavy atom. The molecule has 0 fully saturated rings. The molecule has 0 heterocycles. The van der Waals surface area contributed by atoms with Gasteiger partial charge in [0.05, 0.1) is 17.7 Å². The molecule has 162 valence electrons. The van der Waals surface area contributed by atoms with Gasteiger partial charge in [-0.1, -0.05) is 32.0 Å². The van der Waals surface area contributed by atoms with E-state index in [1.807, 2.05) is 24.3 Å². The molecule has 0 radical (unpaired) electrons. The second kappa shape index (κ2) is 9.22. The van der Waals surface area contributed by atoms with Crippen LogP contribution in [0.15, 0.2) is 71.6 Å². The van der Waals surface area contributed by atoms with E-state index in [4.69, 9.17) is 4.74 Å². The van der Waals surface area contributed by atoms with Crippen molar-refractivity contribution in [2.45, 2.75) is 31.6 Å². The van der Waals surface area contributed by atoms with Crippen molar-refractivity contribution in [1.82, 2.24) is 0 Å². The number of rotatable bonds is 7. The Balaban J connectivity index is 1.79. The monoisotopic (exact) mass is 438 g/mol. The van der Waals surface area contributed by atoms with Crippen LogP contribution in [0.2, 0.25) is 0 Å². The van der Waals surface area contributed by atoms with Crippen molar-refractivity contribution in [2.24, 2.45) is 0 Å². The first-order valence-electron chi connectivity index (χ1n) is 9.89. The number of para-hydroxylation sites is 1. The summed E-state index contributed by atoms with van der Waals surface area (Å²) < 4.78 is 33.0. The van der Waals surface area contributed by atoms with Gasteiger partial charge in [0.2, 0.25) is 0 Å². The number of carbonyl (C=O) groups is 1. The molecule has 0 saturated carbocycles. The van der Waals surface area contributed by atoms with E-state index in [2.05, 4.69) is 23.9 Å². The molecule has 3 rings (SSSR count). The predicted octanol–water partition coefficient (Wildman–Crippen LogP) is 5.18. The zero-order valence-corrected chi connectivity index (χ0v) is 18.8. The minimum absolute atomic E-state index is 0.125. The standard InChI is InChI=1S/C24H26N2O4S/c1-16(2)21-7-5-6-8-23(21)25-24(27)18-9-14-22(17(3)15-18)26-31(28,29)20-12-10-19(30-4)11-13-20/h5-16,26H,1-4H3,(H,25,27). The molecule has 2 N–H and O–H groups in total. The molecule has 31 heavy (non-hydrogen) atoms. The Morgan fingerprint density at radius 1 is 0.935 bits per heavy atom. The molecule has 0 bridgehead atoms. The lowest BCUT2D eigenvalue weighted by atomic mass is 10.0. The zero-order valence-electron chi connectivity index (χ0n) is 18.0. The highest BCUT2D eigenvalue weighted by atomic mass is 32.2. The lowest BCUT2D eigenvalue weighted by Gasteiger charge is -2.15. The normalized spacial score (nSPS) is 11.3. The van der Waals surface area contributed by atoms with Gasteiger partial charge in [0.15, 0.2) is 0 Å². The van der Waals surface area contributed by atoms with Crippen molar-refractivity contribution in [3.63, 3.8) is 0 Å². The molecule has 7 heteroatoms. The average Bonchev–Trinajstić information content (AvgIpc) is 2.75. The third-order valence-corrected chi connectivity index (χ3v) is 6.32. The van der Waals surface area contributed by atoms with Gasteiger partial charge in [-0.2, -0.15) is 0 Å². The maximum absolute atomic E-state index is 12.8. The first-order chi connectivity index (χ1) is 14.7. The summed E-state index contributed by atoms with van der Waals surface area (Å²) in [7, 11) is -2.25. The van der Waals surface area contributed by atoms with Gasteiger partial charge in [-0.05, 0) is 72.5 Å². The summed E-state index contributed by atoms with van der Waals surface area (Å²) in [5.41, 5.74) is 3.32. The van der Waals surface area contributed by atoms with Crippen LogP contribution >= 0.6 is 0 Å². The van der Waals surface area contributed by atoms with Crippen LogP contribution in [0.25, 0.3) is 0 Å². The minimum Gasteiger partial charge on any atom is -0.497 e. The number of ether oxygens (including phenoxy) is 1. The van der Waals surface area contributed by atoms with Crippen molar-refractivity contribution < 1.29 is 17.9 Å². The lowest BCUT2D eigenvalue weighted by molar-refractivity contribution is 0.102.